The maximum absolute atomic E-state index is 12.4. The number of hydrogen-bond donors (Lipinski definition) is 1. The molecule has 0 aliphatic carbocycles. The molecule has 0 aliphatic heterocycles. The first-order valence-electron chi connectivity index (χ1n) is 8.05. The van der Waals surface area contributed by atoms with Crippen molar-refractivity contribution in [3.8, 4) is 0 Å². The highest BCUT2D eigenvalue weighted by molar-refractivity contribution is 5.94. The third kappa shape index (κ3) is 2.81. The van der Waals surface area contributed by atoms with Gasteiger partial charge in [0.15, 0.2) is 0 Å². The van der Waals surface area contributed by atoms with Crippen molar-refractivity contribution >= 4 is 22.6 Å². The number of nitrogens with zero attached hydrogens (tertiary/aromatic N) is 5. The minimum Gasteiger partial charge on any atom is -0.324 e. The fourth-order valence-corrected chi connectivity index (χ4v) is 2.97. The summed E-state index contributed by atoms with van der Waals surface area (Å²) in [5.74, 6) is -0.230. The Morgan fingerprint density at radius 3 is 2.46 bits per heavy atom. The molecule has 0 spiro atoms. The summed E-state index contributed by atoms with van der Waals surface area (Å²) < 4.78 is 4.04. The highest BCUT2D eigenvalue weighted by Gasteiger charge is 2.15. The van der Waals surface area contributed by atoms with Crippen molar-refractivity contribution in [3.05, 3.63) is 50.1 Å². The molecule has 3 aromatic heterocycles. The summed E-state index contributed by atoms with van der Waals surface area (Å²) in [4.78, 5) is 40.8. The molecule has 0 atom stereocenters. The number of rotatable bonds is 3. The van der Waals surface area contributed by atoms with E-state index >= 15 is 0 Å². The van der Waals surface area contributed by atoms with Crippen LogP contribution < -0.4 is 16.6 Å². The summed E-state index contributed by atoms with van der Waals surface area (Å²) in [6, 6.07) is 1.53. The molecule has 0 bridgehead atoms. The number of aromatic nitrogens is 5. The van der Waals surface area contributed by atoms with E-state index in [9.17, 15) is 14.4 Å². The molecule has 136 valence electrons. The minimum absolute atomic E-state index is 0.175. The Bertz CT molecular complexity index is 1150. The molecule has 3 aromatic rings. The first-order chi connectivity index (χ1) is 12.2. The molecule has 3 heterocycles. The van der Waals surface area contributed by atoms with Crippen LogP contribution in [-0.4, -0.2) is 29.8 Å². The van der Waals surface area contributed by atoms with E-state index in [2.05, 4.69) is 15.4 Å². The van der Waals surface area contributed by atoms with Crippen molar-refractivity contribution in [1.82, 2.24) is 23.9 Å². The van der Waals surface area contributed by atoms with E-state index in [0.29, 0.717) is 5.69 Å². The second-order valence-electron chi connectivity index (χ2n) is 6.30. The average Bonchev–Trinajstić information content (AvgIpc) is 2.84. The third-order valence-electron chi connectivity index (χ3n) is 4.57. The Morgan fingerprint density at radius 2 is 1.85 bits per heavy atom. The van der Waals surface area contributed by atoms with Crippen LogP contribution in [-0.2, 0) is 32.4 Å². The molecule has 1 amide bonds. The lowest BCUT2D eigenvalue weighted by molar-refractivity contribution is -0.115. The Labute approximate surface area is 148 Å². The number of aryl methyl sites for hydroxylation is 3. The van der Waals surface area contributed by atoms with Crippen molar-refractivity contribution in [1.29, 1.82) is 0 Å². The van der Waals surface area contributed by atoms with Crippen LogP contribution in [0.15, 0.2) is 21.9 Å². The van der Waals surface area contributed by atoms with Crippen molar-refractivity contribution in [2.45, 2.75) is 20.3 Å². The van der Waals surface area contributed by atoms with Crippen LogP contribution >= 0.6 is 0 Å². The van der Waals surface area contributed by atoms with Gasteiger partial charge >= 0.3 is 5.69 Å². The van der Waals surface area contributed by atoms with Gasteiger partial charge in [-0.2, -0.15) is 5.10 Å². The topological polar surface area (TPSA) is 104 Å². The van der Waals surface area contributed by atoms with Crippen LogP contribution in [0.3, 0.4) is 0 Å². The van der Waals surface area contributed by atoms with E-state index in [4.69, 9.17) is 0 Å². The van der Waals surface area contributed by atoms with E-state index in [0.717, 1.165) is 21.5 Å². The molecule has 0 aliphatic rings. The monoisotopic (exact) mass is 356 g/mol. The maximum Gasteiger partial charge on any atom is 0.332 e. The standard InChI is InChI=1S/C17H20N6O3/c1-9-12(10(2)23(5)20-9)7-14(24)19-11-6-13-15(18-8-11)21(3)17(26)22(4)16(13)25/h6,8H,7H2,1-5H3,(H,19,24). The third-order valence-corrected chi connectivity index (χ3v) is 4.57. The minimum atomic E-state index is -0.453. The maximum atomic E-state index is 12.4. The van der Waals surface area contributed by atoms with Gasteiger partial charge in [-0.1, -0.05) is 0 Å². The van der Waals surface area contributed by atoms with Gasteiger partial charge in [0.1, 0.15) is 5.65 Å². The molecule has 0 saturated carbocycles. The molecular formula is C17H20N6O3. The SMILES string of the molecule is Cc1nn(C)c(C)c1CC(=O)Nc1cnc2c(c1)c(=O)n(C)c(=O)n2C. The van der Waals surface area contributed by atoms with E-state index in [1.54, 1.807) is 11.7 Å². The van der Waals surface area contributed by atoms with Gasteiger partial charge in [0.05, 0.1) is 29.4 Å². The highest BCUT2D eigenvalue weighted by atomic mass is 16.2. The summed E-state index contributed by atoms with van der Waals surface area (Å²) in [6.45, 7) is 3.77. The van der Waals surface area contributed by atoms with Crippen molar-refractivity contribution in [2.75, 3.05) is 5.32 Å². The quantitative estimate of drug-likeness (QED) is 0.720. The summed E-state index contributed by atoms with van der Waals surface area (Å²) >= 11 is 0. The molecule has 3 rings (SSSR count). The van der Waals surface area contributed by atoms with E-state index in [1.807, 2.05) is 20.9 Å². The predicted octanol–water partition coefficient (Wildman–Crippen LogP) is 0.164. The second-order valence-corrected chi connectivity index (χ2v) is 6.30. The Morgan fingerprint density at radius 1 is 1.15 bits per heavy atom. The molecular weight excluding hydrogens is 336 g/mol. The number of carbonyl (C=O) groups is 1. The Balaban J connectivity index is 1.93. The summed E-state index contributed by atoms with van der Waals surface area (Å²) in [5.41, 5.74) is 2.38. The van der Waals surface area contributed by atoms with Crippen molar-refractivity contribution in [3.63, 3.8) is 0 Å². The summed E-state index contributed by atoms with van der Waals surface area (Å²) in [5, 5.41) is 7.32. The number of pyridine rings is 1. The van der Waals surface area contributed by atoms with Gasteiger partial charge in [-0.15, -0.1) is 0 Å². The van der Waals surface area contributed by atoms with Crippen LogP contribution in [0.25, 0.3) is 11.0 Å². The zero-order valence-electron chi connectivity index (χ0n) is 15.3. The molecule has 1 N–H and O–H groups in total. The smallest absolute Gasteiger partial charge is 0.324 e. The normalized spacial score (nSPS) is 11.1. The largest absolute Gasteiger partial charge is 0.332 e. The second kappa shape index (κ2) is 6.25. The highest BCUT2D eigenvalue weighted by Crippen LogP contribution is 2.15. The van der Waals surface area contributed by atoms with Crippen LogP contribution in [0.4, 0.5) is 5.69 Å². The fraction of sp³-hybridized carbons (Fsp3) is 0.353. The van der Waals surface area contributed by atoms with Crippen LogP contribution in [0, 0.1) is 13.8 Å². The molecule has 0 aromatic carbocycles. The van der Waals surface area contributed by atoms with Crippen LogP contribution in [0.2, 0.25) is 0 Å². The van der Waals surface area contributed by atoms with Crippen molar-refractivity contribution in [2.24, 2.45) is 21.1 Å². The number of amides is 1. The summed E-state index contributed by atoms with van der Waals surface area (Å²) in [7, 11) is 4.78. The van der Waals surface area contributed by atoms with E-state index in [1.165, 1.54) is 23.9 Å². The molecule has 9 heteroatoms. The number of nitrogens with one attached hydrogen (secondary N) is 1. The molecule has 9 nitrogen and oxygen atoms in total. The molecule has 26 heavy (non-hydrogen) atoms. The molecule has 0 fully saturated rings. The van der Waals surface area contributed by atoms with E-state index < -0.39 is 11.2 Å². The van der Waals surface area contributed by atoms with Gasteiger partial charge in [0, 0.05) is 32.4 Å². The van der Waals surface area contributed by atoms with Crippen LogP contribution in [0.1, 0.15) is 17.0 Å². The predicted molar refractivity (Wildman–Crippen MR) is 97.2 cm³/mol. The zero-order valence-corrected chi connectivity index (χ0v) is 15.3. The molecule has 0 radical (unpaired) electrons. The first kappa shape index (κ1) is 17.6. The number of carbonyl (C=O) groups excluding carboxylic acids is 1. The van der Waals surface area contributed by atoms with Crippen molar-refractivity contribution < 1.29 is 4.79 Å². The fourth-order valence-electron chi connectivity index (χ4n) is 2.97. The van der Waals surface area contributed by atoms with Gasteiger partial charge < -0.3 is 5.32 Å². The molecule has 0 saturated heterocycles. The van der Waals surface area contributed by atoms with Gasteiger partial charge in [-0.05, 0) is 19.9 Å². The zero-order chi connectivity index (χ0) is 19.2. The number of fused-ring (bicyclic) bond motifs is 1. The van der Waals surface area contributed by atoms with Crippen LogP contribution in [0.5, 0.6) is 0 Å². The van der Waals surface area contributed by atoms with Gasteiger partial charge in [-0.3, -0.25) is 23.4 Å². The first-order valence-corrected chi connectivity index (χ1v) is 8.05. The van der Waals surface area contributed by atoms with Gasteiger partial charge in [-0.25, -0.2) is 9.78 Å². The lowest BCUT2D eigenvalue weighted by Gasteiger charge is -2.09. The number of anilines is 1. The summed E-state index contributed by atoms with van der Waals surface area (Å²) in [6.07, 6.45) is 1.61. The Kier molecular flexibility index (Phi) is 4.23. The van der Waals surface area contributed by atoms with Gasteiger partial charge in [0.2, 0.25) is 5.91 Å². The average molecular weight is 356 g/mol. The van der Waals surface area contributed by atoms with Gasteiger partial charge in [0.25, 0.3) is 5.56 Å². The lowest BCUT2D eigenvalue weighted by Crippen LogP contribution is -2.37. The Hall–Kier alpha value is -3.23. The molecule has 0 unspecified atom stereocenters. The lowest BCUT2D eigenvalue weighted by atomic mass is 10.1. The number of hydrogen-bond acceptors (Lipinski definition) is 5. The van der Waals surface area contributed by atoms with E-state index in [-0.39, 0.29) is 23.4 Å².